The van der Waals surface area contributed by atoms with Gasteiger partial charge in [-0.3, -0.25) is 0 Å². The van der Waals surface area contributed by atoms with Gasteiger partial charge in [0.15, 0.2) is 0 Å². The van der Waals surface area contributed by atoms with Crippen LogP contribution >= 0.6 is 0 Å². The van der Waals surface area contributed by atoms with Gasteiger partial charge < -0.3 is 14.6 Å². The van der Waals surface area contributed by atoms with E-state index in [2.05, 4.69) is 64.0 Å². The predicted molar refractivity (Wildman–Crippen MR) is 78.2 cm³/mol. The number of anilines is 1. The van der Waals surface area contributed by atoms with E-state index < -0.39 is 0 Å². The number of hydrogen-bond acceptors (Lipinski definition) is 5. The zero-order chi connectivity index (χ0) is 14.8. The van der Waals surface area contributed by atoms with E-state index in [1.54, 1.807) is 0 Å². The molecule has 0 fully saturated rings. The van der Waals surface area contributed by atoms with Crippen LogP contribution < -0.4 is 10.2 Å². The fourth-order valence-corrected chi connectivity index (χ4v) is 1.55. The molecule has 0 amide bonds. The average molecular weight is 268 g/mol. The van der Waals surface area contributed by atoms with E-state index >= 15 is 0 Å². The number of nitrogens with zero attached hydrogens (tertiary/aromatic N) is 3. The van der Waals surface area contributed by atoms with Gasteiger partial charge in [-0.25, -0.2) is 0 Å². The van der Waals surface area contributed by atoms with Crippen LogP contribution in [0.3, 0.4) is 0 Å². The van der Waals surface area contributed by atoms with Crippen LogP contribution in [0.15, 0.2) is 4.42 Å². The zero-order valence-corrected chi connectivity index (χ0v) is 13.5. The second-order valence-corrected chi connectivity index (χ2v) is 7.23. The molecule has 1 aromatic rings. The molecule has 19 heavy (non-hydrogen) atoms. The van der Waals surface area contributed by atoms with Crippen molar-refractivity contribution in [2.45, 2.75) is 66.6 Å². The van der Waals surface area contributed by atoms with Gasteiger partial charge in [0, 0.05) is 18.6 Å². The fraction of sp³-hybridized carbons (Fsp3) is 0.857. The summed E-state index contributed by atoms with van der Waals surface area (Å²) in [5.41, 5.74) is 0.201. The van der Waals surface area contributed by atoms with E-state index in [1.165, 1.54) is 0 Å². The normalized spacial score (nSPS) is 14.5. The lowest BCUT2D eigenvalue weighted by Gasteiger charge is -2.34. The van der Waals surface area contributed by atoms with E-state index in [0.717, 1.165) is 0 Å². The molecule has 1 rings (SSSR count). The molecule has 1 N–H and O–H groups in total. The van der Waals surface area contributed by atoms with Gasteiger partial charge in [0.1, 0.15) is 0 Å². The zero-order valence-electron chi connectivity index (χ0n) is 13.5. The van der Waals surface area contributed by atoms with E-state index in [4.69, 9.17) is 4.42 Å². The highest BCUT2D eigenvalue weighted by molar-refractivity contribution is 5.25. The highest BCUT2D eigenvalue weighted by Crippen LogP contribution is 2.26. The number of rotatable bonds is 4. The van der Waals surface area contributed by atoms with Crippen molar-refractivity contribution < 1.29 is 4.42 Å². The Morgan fingerprint density at radius 1 is 1.16 bits per heavy atom. The first-order chi connectivity index (χ1) is 8.50. The molecule has 110 valence electrons. The maximum Gasteiger partial charge on any atom is 0.318 e. The summed E-state index contributed by atoms with van der Waals surface area (Å²) in [6, 6.07) is 0.893. The van der Waals surface area contributed by atoms with Crippen LogP contribution in [-0.4, -0.2) is 28.8 Å². The van der Waals surface area contributed by atoms with E-state index in [9.17, 15) is 0 Å². The molecule has 1 atom stereocenters. The molecule has 1 unspecified atom stereocenters. The molecule has 0 saturated heterocycles. The molecule has 0 saturated carbocycles. The molecular formula is C14H28N4O. The maximum absolute atomic E-state index is 5.70. The highest BCUT2D eigenvalue weighted by Gasteiger charge is 2.27. The SMILES string of the molecule is CC(N(C)c1nnc(CNC(C)(C)C)o1)C(C)(C)C. The minimum Gasteiger partial charge on any atom is -0.407 e. The van der Waals surface area contributed by atoms with Crippen LogP contribution in [0.5, 0.6) is 0 Å². The van der Waals surface area contributed by atoms with Gasteiger partial charge >= 0.3 is 6.01 Å². The van der Waals surface area contributed by atoms with Crippen LogP contribution in [0.25, 0.3) is 0 Å². The van der Waals surface area contributed by atoms with Crippen molar-refractivity contribution >= 4 is 6.01 Å². The second-order valence-electron chi connectivity index (χ2n) is 7.23. The van der Waals surface area contributed by atoms with E-state index in [0.29, 0.717) is 24.5 Å². The van der Waals surface area contributed by atoms with Gasteiger partial charge in [0.05, 0.1) is 6.54 Å². The van der Waals surface area contributed by atoms with Crippen molar-refractivity contribution in [1.82, 2.24) is 15.5 Å². The highest BCUT2D eigenvalue weighted by atomic mass is 16.4. The standard InChI is InChI=1S/C14H28N4O/c1-10(13(2,3)4)18(8)12-17-16-11(19-12)9-15-14(5,6)7/h10,15H,9H2,1-8H3. The van der Waals surface area contributed by atoms with Gasteiger partial charge in [-0.05, 0) is 33.1 Å². The summed E-state index contributed by atoms with van der Waals surface area (Å²) in [4.78, 5) is 2.04. The van der Waals surface area contributed by atoms with Crippen molar-refractivity contribution in [3.63, 3.8) is 0 Å². The fourth-order valence-electron chi connectivity index (χ4n) is 1.55. The summed E-state index contributed by atoms with van der Waals surface area (Å²) in [5, 5.41) is 11.5. The Balaban J connectivity index is 2.69. The Hall–Kier alpha value is -1.10. The van der Waals surface area contributed by atoms with Crippen molar-refractivity contribution in [2.75, 3.05) is 11.9 Å². The smallest absolute Gasteiger partial charge is 0.318 e. The Labute approximate surface area is 116 Å². The summed E-state index contributed by atoms with van der Waals surface area (Å²) >= 11 is 0. The van der Waals surface area contributed by atoms with Gasteiger partial charge in [-0.1, -0.05) is 25.9 Å². The number of aromatic nitrogens is 2. The Kier molecular flexibility index (Phi) is 4.61. The molecule has 0 aliphatic heterocycles. The third kappa shape index (κ3) is 4.82. The van der Waals surface area contributed by atoms with Crippen molar-refractivity contribution in [2.24, 2.45) is 5.41 Å². The quantitative estimate of drug-likeness (QED) is 0.910. The van der Waals surface area contributed by atoms with Crippen LogP contribution in [0, 0.1) is 5.41 Å². The van der Waals surface area contributed by atoms with Gasteiger partial charge in [0.2, 0.25) is 5.89 Å². The molecule has 0 aliphatic carbocycles. The monoisotopic (exact) mass is 268 g/mol. The van der Waals surface area contributed by atoms with Crippen LogP contribution in [-0.2, 0) is 6.54 Å². The molecule has 0 bridgehead atoms. The first-order valence-corrected chi connectivity index (χ1v) is 6.81. The Morgan fingerprint density at radius 2 is 1.74 bits per heavy atom. The predicted octanol–water partition coefficient (Wildman–Crippen LogP) is 2.83. The molecule has 0 spiro atoms. The molecule has 1 aromatic heterocycles. The van der Waals surface area contributed by atoms with Crippen molar-refractivity contribution in [3.8, 4) is 0 Å². The first-order valence-electron chi connectivity index (χ1n) is 6.81. The number of hydrogen-bond donors (Lipinski definition) is 1. The summed E-state index contributed by atoms with van der Waals surface area (Å²) in [7, 11) is 1.99. The summed E-state index contributed by atoms with van der Waals surface area (Å²) in [5.74, 6) is 0.623. The third-order valence-corrected chi connectivity index (χ3v) is 3.36. The number of nitrogens with one attached hydrogen (secondary N) is 1. The van der Waals surface area contributed by atoms with E-state index in [1.807, 2.05) is 11.9 Å². The van der Waals surface area contributed by atoms with E-state index in [-0.39, 0.29) is 11.0 Å². The van der Waals surface area contributed by atoms with Gasteiger partial charge in [0.25, 0.3) is 0 Å². The topological polar surface area (TPSA) is 54.2 Å². The molecule has 5 nitrogen and oxygen atoms in total. The summed E-state index contributed by atoms with van der Waals surface area (Å²) < 4.78 is 5.70. The van der Waals surface area contributed by atoms with Crippen LogP contribution in [0.4, 0.5) is 6.01 Å². The Morgan fingerprint density at radius 3 is 2.21 bits per heavy atom. The minimum atomic E-state index is 0.0409. The molecule has 0 aromatic carbocycles. The molecule has 5 heteroatoms. The summed E-state index contributed by atoms with van der Waals surface area (Å²) in [6.07, 6.45) is 0. The molecule has 0 radical (unpaired) electrons. The lowest BCUT2D eigenvalue weighted by atomic mass is 9.87. The molecular weight excluding hydrogens is 240 g/mol. The largest absolute Gasteiger partial charge is 0.407 e. The molecule has 0 aliphatic rings. The van der Waals surface area contributed by atoms with Gasteiger partial charge in [-0.15, -0.1) is 5.10 Å². The maximum atomic E-state index is 5.70. The van der Waals surface area contributed by atoms with Gasteiger partial charge in [-0.2, -0.15) is 0 Å². The lowest BCUT2D eigenvalue weighted by Crippen LogP contribution is -2.39. The van der Waals surface area contributed by atoms with Crippen LogP contribution in [0.2, 0.25) is 0 Å². The first kappa shape index (κ1) is 16.0. The molecule has 1 heterocycles. The summed E-state index contributed by atoms with van der Waals surface area (Å²) in [6.45, 7) is 15.7. The minimum absolute atomic E-state index is 0.0409. The average Bonchev–Trinajstić information content (AvgIpc) is 2.70. The van der Waals surface area contributed by atoms with Crippen molar-refractivity contribution in [1.29, 1.82) is 0 Å². The second kappa shape index (κ2) is 5.49. The third-order valence-electron chi connectivity index (χ3n) is 3.36. The van der Waals surface area contributed by atoms with Crippen molar-refractivity contribution in [3.05, 3.63) is 5.89 Å². The Bertz CT molecular complexity index is 400. The lowest BCUT2D eigenvalue weighted by molar-refractivity contribution is 0.314. The van der Waals surface area contributed by atoms with Crippen LogP contribution in [0.1, 0.15) is 54.4 Å².